The number of hydrogen-bond acceptors (Lipinski definition) is 4. The lowest BCUT2D eigenvalue weighted by Gasteiger charge is -2.35. The lowest BCUT2D eigenvalue weighted by molar-refractivity contribution is -0.137. The molecule has 1 aliphatic rings. The monoisotopic (exact) mass is 546 g/mol. The average molecular weight is 547 g/mol. The Hall–Kier alpha value is -3.92. The Balaban J connectivity index is 1.50. The third-order valence-corrected chi connectivity index (χ3v) is 6.21. The van der Waals surface area contributed by atoms with Crippen LogP contribution in [0.3, 0.4) is 0 Å². The molecular weight excluding hydrogens is 521 g/mol. The van der Waals surface area contributed by atoms with Gasteiger partial charge in [-0.05, 0) is 60.5 Å². The maximum atomic E-state index is 13.4. The number of halogens is 4. The Labute approximate surface area is 222 Å². The normalized spacial score (nSPS) is 15.9. The van der Waals surface area contributed by atoms with Crippen molar-refractivity contribution in [2.45, 2.75) is 38.2 Å². The van der Waals surface area contributed by atoms with Crippen LogP contribution in [-0.4, -0.2) is 24.6 Å². The number of amides is 1. The Morgan fingerprint density at radius 1 is 1.13 bits per heavy atom. The van der Waals surface area contributed by atoms with Gasteiger partial charge in [-0.1, -0.05) is 35.9 Å². The van der Waals surface area contributed by atoms with Crippen LogP contribution in [0.1, 0.15) is 36.1 Å². The molecule has 2 unspecified atom stereocenters. The maximum Gasteiger partial charge on any atom is 0.416 e. The van der Waals surface area contributed by atoms with Gasteiger partial charge in [-0.3, -0.25) is 4.79 Å². The van der Waals surface area contributed by atoms with Gasteiger partial charge in [0.05, 0.1) is 30.4 Å². The van der Waals surface area contributed by atoms with Crippen molar-refractivity contribution in [3.63, 3.8) is 0 Å². The van der Waals surface area contributed by atoms with Crippen LogP contribution in [0.25, 0.3) is 0 Å². The number of anilines is 1. The SMILES string of the molecule is CC(N=C(N)N)c1ccc(OCCC2Oc3ccc(C(F)(F)F)cc3N(Cc3cccc(Cl)c3)C2=O)cc1. The molecule has 2 atom stereocenters. The van der Waals surface area contributed by atoms with Gasteiger partial charge in [0.1, 0.15) is 11.5 Å². The minimum Gasteiger partial charge on any atom is -0.493 e. The van der Waals surface area contributed by atoms with E-state index < -0.39 is 23.8 Å². The smallest absolute Gasteiger partial charge is 0.416 e. The number of hydrogen-bond donors (Lipinski definition) is 2. The summed E-state index contributed by atoms with van der Waals surface area (Å²) < 4.78 is 51.8. The minimum absolute atomic E-state index is 0.00409. The molecule has 1 heterocycles. The molecule has 7 nitrogen and oxygen atoms in total. The summed E-state index contributed by atoms with van der Waals surface area (Å²) in [7, 11) is 0. The fraction of sp³-hybridized carbons (Fsp3) is 0.259. The van der Waals surface area contributed by atoms with E-state index in [1.165, 1.54) is 11.0 Å². The first kappa shape index (κ1) is 27.1. The van der Waals surface area contributed by atoms with Crippen LogP contribution >= 0.6 is 11.6 Å². The zero-order valence-electron chi connectivity index (χ0n) is 20.4. The van der Waals surface area contributed by atoms with Crippen LogP contribution in [0, 0.1) is 0 Å². The van der Waals surface area contributed by atoms with E-state index >= 15 is 0 Å². The number of alkyl halides is 3. The van der Waals surface area contributed by atoms with Crippen molar-refractivity contribution in [1.82, 2.24) is 0 Å². The molecule has 200 valence electrons. The number of aliphatic imine (C=N–C) groups is 1. The highest BCUT2D eigenvalue weighted by molar-refractivity contribution is 6.30. The largest absolute Gasteiger partial charge is 0.493 e. The van der Waals surface area contributed by atoms with Crippen molar-refractivity contribution in [1.29, 1.82) is 0 Å². The maximum absolute atomic E-state index is 13.4. The quantitative estimate of drug-likeness (QED) is 0.289. The van der Waals surface area contributed by atoms with E-state index in [1.807, 2.05) is 19.1 Å². The van der Waals surface area contributed by atoms with Crippen molar-refractivity contribution < 1.29 is 27.4 Å². The topological polar surface area (TPSA) is 103 Å². The summed E-state index contributed by atoms with van der Waals surface area (Å²) in [5.74, 6) is 0.278. The van der Waals surface area contributed by atoms with Gasteiger partial charge in [0, 0.05) is 11.4 Å². The number of rotatable bonds is 8. The predicted octanol–water partition coefficient (Wildman–Crippen LogP) is 5.46. The first-order valence-electron chi connectivity index (χ1n) is 11.8. The number of carbonyl (C=O) groups excluding carboxylic acids is 1. The molecule has 3 aromatic carbocycles. The van der Waals surface area contributed by atoms with Gasteiger partial charge >= 0.3 is 6.18 Å². The molecule has 0 fully saturated rings. The van der Waals surface area contributed by atoms with Crippen molar-refractivity contribution in [2.24, 2.45) is 16.5 Å². The molecule has 3 aromatic rings. The van der Waals surface area contributed by atoms with Gasteiger partial charge < -0.3 is 25.8 Å². The number of fused-ring (bicyclic) bond motifs is 1. The summed E-state index contributed by atoms with van der Waals surface area (Å²) in [5.41, 5.74) is 11.6. The van der Waals surface area contributed by atoms with E-state index in [9.17, 15) is 18.0 Å². The van der Waals surface area contributed by atoms with E-state index in [0.29, 0.717) is 16.3 Å². The van der Waals surface area contributed by atoms with Crippen LogP contribution in [-0.2, 0) is 17.5 Å². The number of benzene rings is 3. The fourth-order valence-electron chi connectivity index (χ4n) is 4.09. The standard InChI is InChI=1S/C27H26ClF3N4O3/c1-16(34-26(32)33)18-5-8-21(9-6-18)37-12-11-24-25(36)35(15-17-3-2-4-20(28)13-17)22-14-19(27(29,30)31)7-10-23(22)38-24/h2-10,13-14,16,24H,11-12,15H2,1H3,(H4,32,33,34). The molecule has 4 N–H and O–H groups in total. The van der Waals surface area contributed by atoms with E-state index in [1.54, 1.807) is 36.4 Å². The first-order chi connectivity index (χ1) is 18.0. The molecule has 0 aromatic heterocycles. The third kappa shape index (κ3) is 6.49. The molecule has 0 saturated carbocycles. The highest BCUT2D eigenvalue weighted by atomic mass is 35.5. The molecule has 11 heteroatoms. The summed E-state index contributed by atoms with van der Waals surface area (Å²) in [6.45, 7) is 2.02. The fourth-order valence-corrected chi connectivity index (χ4v) is 4.30. The van der Waals surface area contributed by atoms with Crippen molar-refractivity contribution >= 4 is 29.2 Å². The molecule has 0 saturated heterocycles. The molecule has 0 radical (unpaired) electrons. The average Bonchev–Trinajstić information content (AvgIpc) is 2.85. The second-order valence-corrected chi connectivity index (χ2v) is 9.21. The molecule has 0 bridgehead atoms. The first-order valence-corrected chi connectivity index (χ1v) is 12.1. The van der Waals surface area contributed by atoms with Crippen LogP contribution in [0.5, 0.6) is 11.5 Å². The van der Waals surface area contributed by atoms with Gasteiger partial charge in [0.15, 0.2) is 12.1 Å². The Morgan fingerprint density at radius 3 is 2.53 bits per heavy atom. The van der Waals surface area contributed by atoms with Crippen molar-refractivity contribution in [3.05, 3.63) is 88.4 Å². The summed E-state index contributed by atoms with van der Waals surface area (Å²) >= 11 is 6.08. The molecular formula is C27H26ClF3N4O3. The second kappa shape index (κ2) is 11.2. The van der Waals surface area contributed by atoms with Gasteiger partial charge in [0.2, 0.25) is 0 Å². The van der Waals surface area contributed by atoms with E-state index in [-0.39, 0.29) is 43.0 Å². The van der Waals surface area contributed by atoms with Gasteiger partial charge in [0.25, 0.3) is 5.91 Å². The summed E-state index contributed by atoms with van der Waals surface area (Å²) in [4.78, 5) is 18.8. The third-order valence-electron chi connectivity index (χ3n) is 5.97. The molecule has 4 rings (SSSR count). The van der Waals surface area contributed by atoms with Gasteiger partial charge in [-0.25, -0.2) is 4.99 Å². The summed E-state index contributed by atoms with van der Waals surface area (Å²) in [6, 6.07) is 16.9. The molecule has 1 aliphatic heterocycles. The molecule has 0 aliphatic carbocycles. The zero-order chi connectivity index (χ0) is 27.4. The number of guanidine groups is 1. The summed E-state index contributed by atoms with van der Waals surface area (Å²) in [6.07, 6.45) is -5.34. The predicted molar refractivity (Wildman–Crippen MR) is 139 cm³/mol. The minimum atomic E-state index is -4.57. The lowest BCUT2D eigenvalue weighted by atomic mass is 10.1. The number of nitrogens with zero attached hydrogens (tertiary/aromatic N) is 2. The van der Waals surface area contributed by atoms with Gasteiger partial charge in [-0.15, -0.1) is 0 Å². The number of carbonyl (C=O) groups is 1. The van der Waals surface area contributed by atoms with Crippen LogP contribution < -0.4 is 25.8 Å². The molecule has 38 heavy (non-hydrogen) atoms. The highest BCUT2D eigenvalue weighted by Gasteiger charge is 2.38. The van der Waals surface area contributed by atoms with Gasteiger partial charge in [-0.2, -0.15) is 13.2 Å². The number of nitrogens with two attached hydrogens (primary N) is 2. The van der Waals surface area contributed by atoms with E-state index in [0.717, 1.165) is 17.7 Å². The lowest BCUT2D eigenvalue weighted by Crippen LogP contribution is -2.46. The van der Waals surface area contributed by atoms with Crippen LogP contribution in [0.4, 0.5) is 18.9 Å². The number of ether oxygens (including phenoxy) is 2. The Morgan fingerprint density at radius 2 is 1.87 bits per heavy atom. The zero-order valence-corrected chi connectivity index (χ0v) is 21.2. The Kier molecular flexibility index (Phi) is 8.01. The summed E-state index contributed by atoms with van der Waals surface area (Å²) in [5, 5.41) is 0.455. The molecule has 0 spiro atoms. The Bertz CT molecular complexity index is 1330. The second-order valence-electron chi connectivity index (χ2n) is 8.78. The van der Waals surface area contributed by atoms with E-state index in [2.05, 4.69) is 4.99 Å². The van der Waals surface area contributed by atoms with Crippen LogP contribution in [0.15, 0.2) is 71.7 Å². The van der Waals surface area contributed by atoms with E-state index in [4.69, 9.17) is 32.5 Å². The van der Waals surface area contributed by atoms with Crippen LogP contribution in [0.2, 0.25) is 5.02 Å². The van der Waals surface area contributed by atoms with Crippen molar-refractivity contribution in [2.75, 3.05) is 11.5 Å². The molecule has 1 amide bonds. The van der Waals surface area contributed by atoms with Crippen molar-refractivity contribution in [3.8, 4) is 11.5 Å². The highest BCUT2D eigenvalue weighted by Crippen LogP contribution is 2.40.